The highest BCUT2D eigenvalue weighted by molar-refractivity contribution is 5.94. The zero-order valence-corrected chi connectivity index (χ0v) is 18.1. The quantitative estimate of drug-likeness (QED) is 0.595. The standard InChI is InChI=1S/C24H25N3O4/c1-17-9-5-6-10-22(17)31-14-8-7-13-25-24(28)21-16-20(26-27(21)2)19-15-18(29-3)11-12-23(19)30-4/h5-6,9-12,15-16H,13-14H2,1-4H3,(H,25,28). The SMILES string of the molecule is COc1ccc(OC)c(-c2cc(C(=O)NCC#CCOc3ccccc3C)n(C)n2)c1. The lowest BCUT2D eigenvalue weighted by Gasteiger charge is -2.08. The van der Waals surface area contributed by atoms with Gasteiger partial charge in [-0.2, -0.15) is 5.10 Å². The van der Waals surface area contributed by atoms with Gasteiger partial charge in [-0.1, -0.05) is 30.0 Å². The molecule has 0 bridgehead atoms. The van der Waals surface area contributed by atoms with Crippen LogP contribution in [-0.4, -0.2) is 43.1 Å². The predicted octanol–water partition coefficient (Wildman–Crippen LogP) is 3.22. The number of nitrogens with one attached hydrogen (secondary N) is 1. The van der Waals surface area contributed by atoms with Crippen LogP contribution in [0.2, 0.25) is 0 Å². The first kappa shape index (κ1) is 21.8. The van der Waals surface area contributed by atoms with Crippen molar-refractivity contribution < 1.29 is 19.0 Å². The number of aromatic nitrogens is 2. The van der Waals surface area contributed by atoms with Crippen molar-refractivity contribution in [3.8, 4) is 40.3 Å². The van der Waals surface area contributed by atoms with E-state index in [4.69, 9.17) is 14.2 Å². The van der Waals surface area contributed by atoms with Crippen LogP contribution in [0.1, 0.15) is 16.1 Å². The summed E-state index contributed by atoms with van der Waals surface area (Å²) in [5, 5.41) is 7.23. The fraction of sp³-hybridized carbons (Fsp3) is 0.250. The summed E-state index contributed by atoms with van der Waals surface area (Å²) < 4.78 is 17.8. The van der Waals surface area contributed by atoms with Crippen molar-refractivity contribution in [2.45, 2.75) is 6.92 Å². The maximum atomic E-state index is 12.6. The smallest absolute Gasteiger partial charge is 0.270 e. The predicted molar refractivity (Wildman–Crippen MR) is 119 cm³/mol. The van der Waals surface area contributed by atoms with E-state index >= 15 is 0 Å². The van der Waals surface area contributed by atoms with E-state index in [1.807, 2.05) is 37.3 Å². The molecule has 31 heavy (non-hydrogen) atoms. The molecule has 1 aromatic heterocycles. The fourth-order valence-electron chi connectivity index (χ4n) is 2.99. The molecule has 3 rings (SSSR count). The second kappa shape index (κ2) is 10.2. The molecular formula is C24H25N3O4. The maximum absolute atomic E-state index is 12.6. The first-order valence-corrected chi connectivity index (χ1v) is 9.72. The molecule has 0 aliphatic rings. The highest BCUT2D eigenvalue weighted by Crippen LogP contribution is 2.32. The summed E-state index contributed by atoms with van der Waals surface area (Å²) in [5.41, 5.74) is 2.82. The van der Waals surface area contributed by atoms with Crippen LogP contribution in [0.25, 0.3) is 11.3 Å². The van der Waals surface area contributed by atoms with Gasteiger partial charge in [0.25, 0.3) is 5.91 Å². The fourth-order valence-corrected chi connectivity index (χ4v) is 2.99. The third-order valence-corrected chi connectivity index (χ3v) is 4.65. The molecule has 0 spiro atoms. The minimum atomic E-state index is -0.266. The van der Waals surface area contributed by atoms with Crippen LogP contribution in [0.3, 0.4) is 0 Å². The van der Waals surface area contributed by atoms with Gasteiger partial charge in [-0.3, -0.25) is 9.48 Å². The lowest BCUT2D eigenvalue weighted by molar-refractivity contribution is 0.0949. The monoisotopic (exact) mass is 419 g/mol. The second-order valence-corrected chi connectivity index (χ2v) is 6.70. The Bertz CT molecular complexity index is 1130. The molecule has 0 aliphatic carbocycles. The van der Waals surface area contributed by atoms with E-state index in [1.165, 1.54) is 4.68 Å². The molecule has 0 unspecified atom stereocenters. The van der Waals surface area contributed by atoms with Crippen LogP contribution < -0.4 is 19.5 Å². The Morgan fingerprint density at radius 3 is 2.61 bits per heavy atom. The van der Waals surface area contributed by atoms with Gasteiger partial charge < -0.3 is 19.5 Å². The largest absolute Gasteiger partial charge is 0.497 e. The Hall–Kier alpha value is -3.92. The molecule has 0 aliphatic heterocycles. The van der Waals surface area contributed by atoms with E-state index in [9.17, 15) is 4.79 Å². The maximum Gasteiger partial charge on any atom is 0.270 e. The zero-order chi connectivity index (χ0) is 22.2. The van der Waals surface area contributed by atoms with Crippen molar-refractivity contribution in [1.29, 1.82) is 0 Å². The van der Waals surface area contributed by atoms with Gasteiger partial charge in [0.15, 0.2) is 0 Å². The molecule has 7 heteroatoms. The van der Waals surface area contributed by atoms with Gasteiger partial charge in [0.1, 0.15) is 29.5 Å². The molecule has 0 atom stereocenters. The van der Waals surface area contributed by atoms with Gasteiger partial charge in [0.05, 0.1) is 26.5 Å². The second-order valence-electron chi connectivity index (χ2n) is 6.70. The minimum Gasteiger partial charge on any atom is -0.497 e. The molecule has 1 heterocycles. The van der Waals surface area contributed by atoms with Gasteiger partial charge in [0.2, 0.25) is 0 Å². The molecule has 0 fully saturated rings. The molecule has 160 valence electrons. The summed E-state index contributed by atoms with van der Waals surface area (Å²) >= 11 is 0. The highest BCUT2D eigenvalue weighted by atomic mass is 16.5. The molecule has 3 aromatic rings. The first-order chi connectivity index (χ1) is 15.0. The van der Waals surface area contributed by atoms with E-state index in [0.717, 1.165) is 16.9 Å². The van der Waals surface area contributed by atoms with E-state index in [2.05, 4.69) is 22.3 Å². The normalized spacial score (nSPS) is 10.1. The van der Waals surface area contributed by atoms with Crippen LogP contribution in [0.5, 0.6) is 17.2 Å². The molecule has 0 radical (unpaired) electrons. The Labute approximate surface area is 181 Å². The molecule has 2 aromatic carbocycles. The van der Waals surface area contributed by atoms with Crippen molar-refractivity contribution in [1.82, 2.24) is 15.1 Å². The minimum absolute atomic E-state index is 0.207. The molecule has 7 nitrogen and oxygen atoms in total. The van der Waals surface area contributed by atoms with Gasteiger partial charge in [0, 0.05) is 12.6 Å². The van der Waals surface area contributed by atoms with Gasteiger partial charge >= 0.3 is 0 Å². The highest BCUT2D eigenvalue weighted by Gasteiger charge is 2.17. The average molecular weight is 419 g/mol. The summed E-state index contributed by atoms with van der Waals surface area (Å²) in [5.74, 6) is 7.65. The van der Waals surface area contributed by atoms with Crippen molar-refractivity contribution in [3.63, 3.8) is 0 Å². The molecular weight excluding hydrogens is 394 g/mol. The molecule has 0 saturated carbocycles. The van der Waals surface area contributed by atoms with E-state index in [0.29, 0.717) is 22.9 Å². The lowest BCUT2D eigenvalue weighted by atomic mass is 10.1. The Balaban J connectivity index is 1.61. The Morgan fingerprint density at radius 1 is 1.06 bits per heavy atom. The number of nitrogens with zero attached hydrogens (tertiary/aromatic N) is 2. The number of carbonyl (C=O) groups excluding carboxylic acids is 1. The van der Waals surface area contributed by atoms with E-state index in [-0.39, 0.29) is 19.1 Å². The number of carbonyl (C=O) groups is 1. The lowest BCUT2D eigenvalue weighted by Crippen LogP contribution is -2.25. The summed E-state index contributed by atoms with van der Waals surface area (Å²) in [7, 11) is 4.89. The first-order valence-electron chi connectivity index (χ1n) is 9.72. The number of methoxy groups -OCH3 is 2. The number of hydrogen-bond acceptors (Lipinski definition) is 5. The number of hydrogen-bond donors (Lipinski definition) is 1. The zero-order valence-electron chi connectivity index (χ0n) is 18.1. The van der Waals surface area contributed by atoms with Crippen molar-refractivity contribution in [2.24, 2.45) is 7.05 Å². The van der Waals surface area contributed by atoms with Crippen LogP contribution >= 0.6 is 0 Å². The number of ether oxygens (including phenoxy) is 3. The third kappa shape index (κ3) is 5.37. The average Bonchev–Trinajstić information content (AvgIpc) is 3.18. The van der Waals surface area contributed by atoms with E-state index < -0.39 is 0 Å². The number of para-hydroxylation sites is 1. The van der Waals surface area contributed by atoms with E-state index in [1.54, 1.807) is 39.5 Å². The van der Waals surface area contributed by atoms with Crippen molar-refractivity contribution in [2.75, 3.05) is 27.4 Å². The molecule has 1 amide bonds. The van der Waals surface area contributed by atoms with Crippen LogP contribution in [0, 0.1) is 18.8 Å². The summed E-state index contributed by atoms with van der Waals surface area (Å²) in [4.78, 5) is 12.6. The third-order valence-electron chi connectivity index (χ3n) is 4.65. The summed E-state index contributed by atoms with van der Waals surface area (Å²) in [6.45, 7) is 2.44. The van der Waals surface area contributed by atoms with Crippen LogP contribution in [0.4, 0.5) is 0 Å². The number of rotatable bonds is 7. The van der Waals surface area contributed by atoms with Gasteiger partial charge in [-0.15, -0.1) is 0 Å². The van der Waals surface area contributed by atoms with Gasteiger partial charge in [-0.25, -0.2) is 0 Å². The Kier molecular flexibility index (Phi) is 7.17. The number of aryl methyl sites for hydroxylation is 2. The van der Waals surface area contributed by atoms with Crippen molar-refractivity contribution >= 4 is 5.91 Å². The molecule has 1 N–H and O–H groups in total. The van der Waals surface area contributed by atoms with Crippen LogP contribution in [-0.2, 0) is 7.05 Å². The van der Waals surface area contributed by atoms with Gasteiger partial charge in [-0.05, 0) is 42.8 Å². The number of benzene rings is 2. The van der Waals surface area contributed by atoms with Crippen LogP contribution in [0.15, 0.2) is 48.5 Å². The Morgan fingerprint density at radius 2 is 1.87 bits per heavy atom. The summed E-state index contributed by atoms with van der Waals surface area (Å²) in [6.07, 6.45) is 0. The number of amides is 1. The molecule has 0 saturated heterocycles. The van der Waals surface area contributed by atoms with Crippen molar-refractivity contribution in [3.05, 3.63) is 59.8 Å². The topological polar surface area (TPSA) is 74.6 Å². The summed E-state index contributed by atoms with van der Waals surface area (Å²) in [6, 6.07) is 14.9.